The van der Waals surface area contributed by atoms with Crippen LogP contribution in [0.1, 0.15) is 40.0 Å². The molecule has 2 saturated heterocycles. The Kier molecular flexibility index (Phi) is 6.70. The van der Waals surface area contributed by atoms with Crippen molar-refractivity contribution in [3.8, 4) is 0 Å². The predicted octanol–water partition coefficient (Wildman–Crippen LogP) is 2.62. The number of carbonyl (C=O) groups excluding carboxylic acids is 1. The molecule has 2 N–H and O–H groups in total. The molecule has 0 atom stereocenters. The zero-order valence-corrected chi connectivity index (χ0v) is 18.3. The number of rotatable bonds is 4. The van der Waals surface area contributed by atoms with Crippen molar-refractivity contribution in [2.24, 2.45) is 0 Å². The minimum atomic E-state index is -3.64. The van der Waals surface area contributed by atoms with E-state index >= 15 is 0 Å². The maximum atomic E-state index is 13.1. The van der Waals surface area contributed by atoms with Gasteiger partial charge in [-0.3, -0.25) is 0 Å². The van der Waals surface area contributed by atoms with E-state index in [1.807, 2.05) is 26.8 Å². The Bertz CT molecular complexity index is 823. The number of ether oxygens (including phenoxy) is 1. The lowest BCUT2D eigenvalue weighted by Crippen LogP contribution is -2.43. The molecule has 2 heterocycles. The van der Waals surface area contributed by atoms with E-state index < -0.39 is 15.6 Å². The molecule has 0 aliphatic carbocycles. The maximum Gasteiger partial charge on any atom is 0.319 e. The standard InChI is InChI=1S/C20H32N4O4S/c1-20(2,3)22-19(25)21-17-15-16(29(26,27)24-11-13-28-14-12-24)7-8-18(17)23-9-5-4-6-10-23/h7-8,15H,4-6,9-14H2,1-3H3,(H2,21,22,25). The first kappa shape index (κ1) is 21.9. The van der Waals surface area contributed by atoms with Crippen LogP contribution in [-0.4, -0.2) is 63.7 Å². The number of morpholine rings is 1. The molecule has 9 heteroatoms. The van der Waals surface area contributed by atoms with Crippen molar-refractivity contribution >= 4 is 27.4 Å². The summed E-state index contributed by atoms with van der Waals surface area (Å²) in [6.45, 7) is 8.95. The zero-order valence-electron chi connectivity index (χ0n) is 17.5. The smallest absolute Gasteiger partial charge is 0.319 e. The number of anilines is 2. The second kappa shape index (κ2) is 8.89. The molecule has 2 aliphatic rings. The van der Waals surface area contributed by atoms with Crippen molar-refractivity contribution < 1.29 is 17.9 Å². The van der Waals surface area contributed by atoms with Gasteiger partial charge in [-0.2, -0.15) is 4.31 Å². The number of amides is 2. The lowest BCUT2D eigenvalue weighted by molar-refractivity contribution is 0.0730. The van der Waals surface area contributed by atoms with E-state index in [4.69, 9.17) is 4.74 Å². The Morgan fingerprint density at radius 1 is 1.03 bits per heavy atom. The quantitative estimate of drug-likeness (QED) is 0.775. The number of benzene rings is 1. The summed E-state index contributed by atoms with van der Waals surface area (Å²) in [5.41, 5.74) is 0.977. The van der Waals surface area contributed by atoms with Crippen LogP contribution in [0.5, 0.6) is 0 Å². The van der Waals surface area contributed by atoms with Crippen molar-refractivity contribution in [1.29, 1.82) is 0 Å². The second-order valence-electron chi connectivity index (χ2n) is 8.57. The molecule has 2 aliphatic heterocycles. The van der Waals surface area contributed by atoms with Crippen LogP contribution in [0, 0.1) is 0 Å². The molecule has 1 aromatic rings. The molecule has 0 radical (unpaired) electrons. The molecule has 2 fully saturated rings. The third kappa shape index (κ3) is 5.61. The van der Waals surface area contributed by atoms with E-state index in [1.165, 1.54) is 10.7 Å². The van der Waals surface area contributed by atoms with E-state index in [1.54, 1.807) is 12.1 Å². The van der Waals surface area contributed by atoms with Crippen LogP contribution in [-0.2, 0) is 14.8 Å². The summed E-state index contributed by atoms with van der Waals surface area (Å²) in [5, 5.41) is 5.75. The highest BCUT2D eigenvalue weighted by molar-refractivity contribution is 7.89. The summed E-state index contributed by atoms with van der Waals surface area (Å²) < 4.78 is 32.8. The van der Waals surface area contributed by atoms with Crippen LogP contribution in [0.15, 0.2) is 23.1 Å². The summed E-state index contributed by atoms with van der Waals surface area (Å²) in [6.07, 6.45) is 3.36. The number of urea groups is 1. The highest BCUT2D eigenvalue weighted by Gasteiger charge is 2.28. The summed E-state index contributed by atoms with van der Waals surface area (Å²) in [5.74, 6) is 0. The van der Waals surface area contributed by atoms with Gasteiger partial charge in [0.1, 0.15) is 0 Å². The van der Waals surface area contributed by atoms with E-state index in [2.05, 4.69) is 15.5 Å². The first-order valence-corrected chi connectivity index (χ1v) is 11.7. The van der Waals surface area contributed by atoms with Crippen LogP contribution >= 0.6 is 0 Å². The van der Waals surface area contributed by atoms with Gasteiger partial charge in [0.25, 0.3) is 0 Å². The number of carbonyl (C=O) groups is 1. The van der Waals surface area contributed by atoms with E-state index in [0.29, 0.717) is 32.0 Å². The highest BCUT2D eigenvalue weighted by atomic mass is 32.2. The fourth-order valence-corrected chi connectivity index (χ4v) is 5.05. The van der Waals surface area contributed by atoms with Crippen molar-refractivity contribution in [2.45, 2.75) is 50.5 Å². The molecule has 0 unspecified atom stereocenters. The Morgan fingerprint density at radius 3 is 2.31 bits per heavy atom. The average molecular weight is 425 g/mol. The van der Waals surface area contributed by atoms with Gasteiger partial charge in [0.05, 0.1) is 29.5 Å². The molecular formula is C20H32N4O4S. The fourth-order valence-electron chi connectivity index (χ4n) is 3.62. The van der Waals surface area contributed by atoms with Gasteiger partial charge in [0.2, 0.25) is 10.0 Å². The van der Waals surface area contributed by atoms with Crippen LogP contribution in [0.4, 0.5) is 16.2 Å². The summed E-state index contributed by atoms with van der Waals surface area (Å²) in [7, 11) is -3.64. The third-order valence-corrected chi connectivity index (χ3v) is 6.90. The number of piperidine rings is 1. The Labute approximate surface area is 173 Å². The van der Waals surface area contributed by atoms with Gasteiger partial charge in [-0.1, -0.05) is 0 Å². The van der Waals surface area contributed by atoms with Crippen molar-refractivity contribution in [3.05, 3.63) is 18.2 Å². The Hall–Kier alpha value is -1.84. The maximum absolute atomic E-state index is 13.1. The van der Waals surface area contributed by atoms with Gasteiger partial charge < -0.3 is 20.3 Å². The lowest BCUT2D eigenvalue weighted by Gasteiger charge is -2.32. The van der Waals surface area contributed by atoms with Gasteiger partial charge in [-0.25, -0.2) is 13.2 Å². The van der Waals surface area contributed by atoms with Crippen LogP contribution in [0.25, 0.3) is 0 Å². The third-order valence-electron chi connectivity index (χ3n) is 5.01. The van der Waals surface area contributed by atoms with Crippen molar-refractivity contribution in [3.63, 3.8) is 0 Å². The van der Waals surface area contributed by atoms with E-state index in [0.717, 1.165) is 31.6 Å². The first-order valence-electron chi connectivity index (χ1n) is 10.2. The lowest BCUT2D eigenvalue weighted by atomic mass is 10.1. The molecule has 29 heavy (non-hydrogen) atoms. The minimum Gasteiger partial charge on any atom is -0.379 e. The van der Waals surface area contributed by atoms with Gasteiger partial charge >= 0.3 is 6.03 Å². The van der Waals surface area contributed by atoms with Crippen LogP contribution < -0.4 is 15.5 Å². The molecular weight excluding hydrogens is 392 g/mol. The summed E-state index contributed by atoms with van der Waals surface area (Å²) in [4.78, 5) is 14.9. The number of nitrogens with zero attached hydrogens (tertiary/aromatic N) is 2. The molecule has 1 aromatic carbocycles. The molecule has 0 saturated carbocycles. The molecule has 8 nitrogen and oxygen atoms in total. The molecule has 162 valence electrons. The van der Waals surface area contributed by atoms with E-state index in [-0.39, 0.29) is 10.9 Å². The van der Waals surface area contributed by atoms with Gasteiger partial charge in [0.15, 0.2) is 0 Å². The Balaban J connectivity index is 1.92. The Morgan fingerprint density at radius 2 is 1.69 bits per heavy atom. The van der Waals surface area contributed by atoms with E-state index in [9.17, 15) is 13.2 Å². The van der Waals surface area contributed by atoms with Gasteiger partial charge in [-0.15, -0.1) is 0 Å². The molecule has 0 bridgehead atoms. The minimum absolute atomic E-state index is 0.186. The van der Waals surface area contributed by atoms with Crippen molar-refractivity contribution in [1.82, 2.24) is 9.62 Å². The van der Waals surface area contributed by atoms with Gasteiger partial charge in [0, 0.05) is 31.7 Å². The topological polar surface area (TPSA) is 91.0 Å². The fraction of sp³-hybridized carbons (Fsp3) is 0.650. The first-order chi connectivity index (χ1) is 13.7. The molecule has 2 amide bonds. The largest absolute Gasteiger partial charge is 0.379 e. The number of hydrogen-bond donors (Lipinski definition) is 2. The average Bonchev–Trinajstić information content (AvgIpc) is 2.68. The normalized spacial score (nSPS) is 19.1. The monoisotopic (exact) mass is 424 g/mol. The molecule has 0 aromatic heterocycles. The number of nitrogens with one attached hydrogen (secondary N) is 2. The van der Waals surface area contributed by atoms with Crippen LogP contribution in [0.3, 0.4) is 0 Å². The zero-order chi connectivity index (χ0) is 21.1. The summed E-state index contributed by atoms with van der Waals surface area (Å²) >= 11 is 0. The molecule has 0 spiro atoms. The highest BCUT2D eigenvalue weighted by Crippen LogP contribution is 2.32. The molecule has 3 rings (SSSR count). The van der Waals surface area contributed by atoms with Crippen molar-refractivity contribution in [2.75, 3.05) is 49.6 Å². The SMILES string of the molecule is CC(C)(C)NC(=O)Nc1cc(S(=O)(=O)N2CCOCC2)ccc1N1CCCCC1. The van der Waals surface area contributed by atoms with Gasteiger partial charge in [-0.05, 0) is 58.2 Å². The second-order valence-corrected chi connectivity index (χ2v) is 10.5. The summed E-state index contributed by atoms with van der Waals surface area (Å²) in [6, 6.07) is 4.68. The number of hydrogen-bond acceptors (Lipinski definition) is 5. The number of sulfonamides is 1. The predicted molar refractivity (Wildman–Crippen MR) is 114 cm³/mol. The van der Waals surface area contributed by atoms with Crippen LogP contribution in [0.2, 0.25) is 0 Å².